The fourth-order valence-electron chi connectivity index (χ4n) is 7.43. The molecule has 262 valence electrons. The second-order valence-electron chi connectivity index (χ2n) is 15.6. The monoisotopic (exact) mass is 664 g/mol. The second kappa shape index (κ2) is 14.8. The fourth-order valence-corrected chi connectivity index (χ4v) is 7.43. The second-order valence-corrected chi connectivity index (χ2v) is 15.6. The van der Waals surface area contributed by atoms with Crippen LogP contribution in [0, 0.1) is 0 Å². The molecule has 48 heavy (non-hydrogen) atoms. The lowest BCUT2D eigenvalue weighted by molar-refractivity contribution is -0.276. The van der Waals surface area contributed by atoms with Gasteiger partial charge in [0.1, 0.15) is 12.2 Å². The highest BCUT2D eigenvalue weighted by molar-refractivity contribution is 5.90. The van der Waals surface area contributed by atoms with Gasteiger partial charge in [-0.05, 0) is 92.5 Å². The van der Waals surface area contributed by atoms with E-state index in [1.165, 1.54) is 0 Å². The third kappa shape index (κ3) is 9.44. The average Bonchev–Trinajstić information content (AvgIpc) is 2.99. The van der Waals surface area contributed by atoms with Gasteiger partial charge in [0, 0.05) is 38.5 Å². The minimum atomic E-state index is -0.574. The van der Waals surface area contributed by atoms with E-state index in [-0.39, 0.29) is 48.9 Å². The smallest absolute Gasteiger partial charge is 0.338 e. The average molecular weight is 665 g/mol. The normalized spacial score (nSPS) is 20.8. The molecular weight excluding hydrogens is 612 g/mol. The lowest BCUT2D eigenvalue weighted by Gasteiger charge is -2.52. The van der Waals surface area contributed by atoms with Crippen LogP contribution in [0.3, 0.4) is 0 Å². The largest absolute Gasteiger partial charge is 0.459 e. The van der Waals surface area contributed by atoms with Crippen LogP contribution >= 0.6 is 0 Å². The Bertz CT molecular complexity index is 1290. The van der Waals surface area contributed by atoms with Crippen molar-refractivity contribution < 1.29 is 38.3 Å². The van der Waals surface area contributed by atoms with Crippen molar-refractivity contribution in [1.82, 2.24) is 10.1 Å². The van der Waals surface area contributed by atoms with Gasteiger partial charge < -0.3 is 19.1 Å². The van der Waals surface area contributed by atoms with E-state index in [9.17, 15) is 19.2 Å². The lowest BCUT2D eigenvalue weighted by Crippen LogP contribution is -2.62. The summed E-state index contributed by atoms with van der Waals surface area (Å²) in [5.41, 5.74) is -1.29. The first-order valence-corrected chi connectivity index (χ1v) is 16.9. The molecule has 2 aromatic carbocycles. The molecule has 0 aliphatic carbocycles. The highest BCUT2D eigenvalue weighted by Gasteiger charge is 2.50. The van der Waals surface area contributed by atoms with E-state index in [0.717, 1.165) is 0 Å². The van der Waals surface area contributed by atoms with Crippen LogP contribution in [0.2, 0.25) is 0 Å². The van der Waals surface area contributed by atoms with Gasteiger partial charge in [0.15, 0.2) is 0 Å². The SMILES string of the molecule is CC1(C)CC(OC(=O)c2ccccc2)CC(C)(C)N1OC(=O)CCCCC(=O)ON1C(C)(C)CC(OC(=O)c2ccccc2)CC1(C)C. The van der Waals surface area contributed by atoms with Crippen molar-refractivity contribution >= 4 is 23.9 Å². The van der Waals surface area contributed by atoms with Crippen molar-refractivity contribution in [1.29, 1.82) is 0 Å². The molecule has 0 aromatic heterocycles. The van der Waals surface area contributed by atoms with Crippen molar-refractivity contribution in [3.8, 4) is 0 Å². The minimum absolute atomic E-state index is 0.150. The number of ether oxygens (including phenoxy) is 2. The summed E-state index contributed by atoms with van der Waals surface area (Å²) in [7, 11) is 0. The molecule has 2 heterocycles. The molecule has 0 amide bonds. The van der Waals surface area contributed by atoms with Crippen LogP contribution in [0.5, 0.6) is 0 Å². The number of unbranched alkanes of at least 4 members (excludes halogenated alkanes) is 1. The van der Waals surface area contributed by atoms with E-state index < -0.39 is 22.2 Å². The molecule has 2 aliphatic rings. The van der Waals surface area contributed by atoms with Crippen molar-refractivity contribution in [2.45, 2.75) is 141 Å². The molecule has 0 spiro atoms. The molecule has 0 atom stereocenters. The summed E-state index contributed by atoms with van der Waals surface area (Å²) in [6, 6.07) is 17.8. The molecule has 0 radical (unpaired) electrons. The summed E-state index contributed by atoms with van der Waals surface area (Å²) in [5.74, 6) is -1.48. The number of carbonyl (C=O) groups excluding carboxylic acids is 4. The molecule has 2 fully saturated rings. The zero-order chi connectivity index (χ0) is 35.3. The number of hydrogen-bond donors (Lipinski definition) is 0. The van der Waals surface area contributed by atoms with E-state index in [4.69, 9.17) is 19.1 Å². The van der Waals surface area contributed by atoms with Gasteiger partial charge in [0.2, 0.25) is 0 Å². The summed E-state index contributed by atoms with van der Waals surface area (Å²) in [4.78, 5) is 63.1. The molecule has 4 rings (SSSR count). The molecule has 0 saturated carbocycles. The zero-order valence-corrected chi connectivity index (χ0v) is 29.7. The molecule has 2 saturated heterocycles. The Morgan fingerprint density at radius 3 is 1.12 bits per heavy atom. The van der Waals surface area contributed by atoms with Gasteiger partial charge >= 0.3 is 23.9 Å². The standard InChI is InChI=1S/C38H52N2O8/c1-35(2)23-29(45-33(43)27-17-11-9-12-18-27)24-36(3,4)39(35)47-31(41)21-15-16-22-32(42)48-40-37(5,6)25-30(26-38(40,7)8)46-34(44)28-19-13-10-14-20-28/h9-14,17-20,29-30H,15-16,21-26H2,1-8H3. The van der Waals surface area contributed by atoms with E-state index in [2.05, 4.69) is 0 Å². The molecule has 0 N–H and O–H groups in total. The van der Waals surface area contributed by atoms with Crippen molar-refractivity contribution in [3.63, 3.8) is 0 Å². The first-order chi connectivity index (χ1) is 22.4. The molecule has 2 aliphatic heterocycles. The van der Waals surface area contributed by atoms with Crippen molar-refractivity contribution in [3.05, 3.63) is 71.8 Å². The number of rotatable bonds is 11. The molecular formula is C38H52N2O8. The number of esters is 2. The number of nitrogens with zero attached hydrogens (tertiary/aromatic N) is 2. The van der Waals surface area contributed by atoms with Gasteiger partial charge in [0.25, 0.3) is 0 Å². The van der Waals surface area contributed by atoms with Gasteiger partial charge in [-0.3, -0.25) is 9.59 Å². The van der Waals surface area contributed by atoms with E-state index in [1.54, 1.807) is 58.7 Å². The molecule has 2 aromatic rings. The Hall–Kier alpha value is -3.76. The predicted molar refractivity (Wildman–Crippen MR) is 180 cm³/mol. The van der Waals surface area contributed by atoms with Gasteiger partial charge in [-0.25, -0.2) is 9.59 Å². The number of hydrogen-bond acceptors (Lipinski definition) is 10. The van der Waals surface area contributed by atoms with E-state index >= 15 is 0 Å². The number of hydroxylamine groups is 4. The summed E-state index contributed by atoms with van der Waals surface area (Å²) < 4.78 is 11.7. The van der Waals surface area contributed by atoms with Crippen LogP contribution in [-0.4, -0.2) is 68.4 Å². The fraction of sp³-hybridized carbons (Fsp3) is 0.579. The van der Waals surface area contributed by atoms with E-state index in [1.807, 2.05) is 67.5 Å². The highest BCUT2D eigenvalue weighted by Crippen LogP contribution is 2.41. The Morgan fingerprint density at radius 1 is 0.542 bits per heavy atom. The van der Waals surface area contributed by atoms with Crippen molar-refractivity contribution in [2.75, 3.05) is 0 Å². The van der Waals surface area contributed by atoms with Crippen LogP contribution in [0.15, 0.2) is 60.7 Å². The zero-order valence-electron chi connectivity index (χ0n) is 29.7. The first-order valence-electron chi connectivity index (χ1n) is 16.9. The molecule has 0 unspecified atom stereocenters. The van der Waals surface area contributed by atoms with Crippen LogP contribution in [0.4, 0.5) is 0 Å². The van der Waals surface area contributed by atoms with Gasteiger partial charge in [0.05, 0.1) is 33.3 Å². The highest BCUT2D eigenvalue weighted by atomic mass is 16.7. The van der Waals surface area contributed by atoms with Crippen LogP contribution in [0.25, 0.3) is 0 Å². The quantitative estimate of drug-likeness (QED) is 0.180. The first kappa shape index (κ1) is 37.1. The number of carbonyl (C=O) groups is 4. The van der Waals surface area contributed by atoms with E-state index in [0.29, 0.717) is 49.7 Å². The summed E-state index contributed by atoms with van der Waals surface area (Å²) in [5, 5.41) is 3.46. The summed E-state index contributed by atoms with van der Waals surface area (Å²) >= 11 is 0. The Labute approximate surface area is 284 Å². The number of benzene rings is 2. The lowest BCUT2D eigenvalue weighted by atomic mass is 9.80. The van der Waals surface area contributed by atoms with Gasteiger partial charge in [-0.2, -0.15) is 0 Å². The predicted octanol–water partition coefficient (Wildman–Crippen LogP) is 7.22. The number of piperidine rings is 2. The third-order valence-corrected chi connectivity index (χ3v) is 9.07. The Balaban J connectivity index is 1.22. The maximum atomic E-state index is 13.0. The van der Waals surface area contributed by atoms with Crippen LogP contribution in [0.1, 0.15) is 127 Å². The Morgan fingerprint density at radius 2 is 0.833 bits per heavy atom. The maximum absolute atomic E-state index is 13.0. The van der Waals surface area contributed by atoms with Crippen LogP contribution < -0.4 is 0 Å². The van der Waals surface area contributed by atoms with Gasteiger partial charge in [-0.15, -0.1) is 10.1 Å². The minimum Gasteiger partial charge on any atom is -0.459 e. The van der Waals surface area contributed by atoms with Crippen molar-refractivity contribution in [2.24, 2.45) is 0 Å². The molecule has 10 nitrogen and oxygen atoms in total. The Kier molecular flexibility index (Phi) is 11.4. The summed E-state index contributed by atoms with van der Waals surface area (Å²) in [6.45, 7) is 15.8. The third-order valence-electron chi connectivity index (χ3n) is 9.07. The molecule has 0 bridgehead atoms. The topological polar surface area (TPSA) is 112 Å². The van der Waals surface area contributed by atoms with Crippen LogP contribution in [-0.2, 0) is 28.7 Å². The maximum Gasteiger partial charge on any atom is 0.338 e. The molecule has 10 heteroatoms. The van der Waals surface area contributed by atoms with Gasteiger partial charge in [-0.1, -0.05) is 36.4 Å². The summed E-state index contributed by atoms with van der Waals surface area (Å²) in [6.07, 6.45) is 2.61.